The summed E-state index contributed by atoms with van der Waals surface area (Å²) in [4.78, 5) is 1.99. The molecule has 122 valence electrons. The fourth-order valence-corrected chi connectivity index (χ4v) is 3.28. The molecule has 0 saturated carbocycles. The summed E-state index contributed by atoms with van der Waals surface area (Å²) in [6.45, 7) is 1.98. The van der Waals surface area contributed by atoms with Crippen LogP contribution in [0.4, 0.5) is 13.2 Å². The molecule has 20 heavy (non-hydrogen) atoms. The van der Waals surface area contributed by atoms with E-state index in [-0.39, 0.29) is 17.9 Å². The van der Waals surface area contributed by atoms with Gasteiger partial charge in [0, 0.05) is 0 Å². The van der Waals surface area contributed by atoms with Crippen molar-refractivity contribution in [3.63, 3.8) is 0 Å². The Hall–Kier alpha value is -0.300. The summed E-state index contributed by atoms with van der Waals surface area (Å²) < 4.78 is 60.1. The van der Waals surface area contributed by atoms with Gasteiger partial charge in [-0.05, 0) is 46.3 Å². The van der Waals surface area contributed by atoms with Crippen molar-refractivity contribution in [2.45, 2.75) is 45.2 Å². The van der Waals surface area contributed by atoms with Crippen LogP contribution in [0.15, 0.2) is 0 Å². The first-order valence-corrected chi connectivity index (χ1v) is 8.78. The molecule has 0 amide bonds. The number of hydrogen-bond acceptors (Lipinski definition) is 3. The van der Waals surface area contributed by atoms with E-state index in [9.17, 15) is 21.6 Å². The van der Waals surface area contributed by atoms with Crippen LogP contribution in [0.5, 0.6) is 0 Å². The van der Waals surface area contributed by atoms with E-state index in [0.29, 0.717) is 19.3 Å². The summed E-state index contributed by atoms with van der Waals surface area (Å²) >= 11 is 0. The zero-order chi connectivity index (χ0) is 15.8. The number of rotatable bonds is 10. The van der Waals surface area contributed by atoms with Gasteiger partial charge >= 0.3 is 6.18 Å². The van der Waals surface area contributed by atoms with Gasteiger partial charge in [-0.2, -0.15) is 13.2 Å². The second kappa shape index (κ2) is 8.87. The van der Waals surface area contributed by atoms with Crippen LogP contribution in [0.25, 0.3) is 0 Å². The van der Waals surface area contributed by atoms with E-state index in [1.807, 2.05) is 19.0 Å². The third-order valence-corrected chi connectivity index (χ3v) is 5.03. The zero-order valence-electron chi connectivity index (χ0n) is 12.5. The van der Waals surface area contributed by atoms with Crippen LogP contribution in [0.2, 0.25) is 0 Å². The fourth-order valence-electron chi connectivity index (χ4n) is 1.79. The predicted octanol–water partition coefficient (Wildman–Crippen LogP) is 3.11. The van der Waals surface area contributed by atoms with E-state index >= 15 is 0 Å². The molecule has 0 fully saturated rings. The highest BCUT2D eigenvalue weighted by molar-refractivity contribution is 7.91. The molecule has 0 rings (SSSR count). The van der Waals surface area contributed by atoms with Gasteiger partial charge in [0.2, 0.25) is 0 Å². The van der Waals surface area contributed by atoms with Crippen molar-refractivity contribution in [1.82, 2.24) is 4.90 Å². The Balaban J connectivity index is 3.78. The first kappa shape index (κ1) is 19.7. The lowest BCUT2D eigenvalue weighted by Crippen LogP contribution is -2.20. The van der Waals surface area contributed by atoms with Crippen LogP contribution < -0.4 is 0 Å². The molecule has 7 heteroatoms. The third kappa shape index (κ3) is 10.5. The number of hydrogen-bond donors (Lipinski definition) is 0. The molecule has 0 aromatic carbocycles. The standard InChI is InChI=1S/C13H26F3NO2S/c1-12(13(14,15)16)8-4-6-10-20(18,19)11-7-5-9-17(2)3/h12H,4-11H2,1-3H3. The summed E-state index contributed by atoms with van der Waals surface area (Å²) in [6, 6.07) is 0. The smallest absolute Gasteiger partial charge is 0.309 e. The van der Waals surface area contributed by atoms with Gasteiger partial charge < -0.3 is 4.90 Å². The number of alkyl halides is 3. The number of nitrogens with zero attached hydrogens (tertiary/aromatic N) is 1. The van der Waals surface area contributed by atoms with Crippen LogP contribution in [-0.2, 0) is 9.84 Å². The van der Waals surface area contributed by atoms with Gasteiger partial charge in [0.05, 0.1) is 17.4 Å². The lowest BCUT2D eigenvalue weighted by Gasteiger charge is -2.15. The van der Waals surface area contributed by atoms with Gasteiger partial charge in [-0.25, -0.2) is 8.42 Å². The fraction of sp³-hybridized carbons (Fsp3) is 1.00. The first-order chi connectivity index (χ1) is 9.04. The lowest BCUT2D eigenvalue weighted by atomic mass is 10.0. The SMILES string of the molecule is CC(CCCCS(=O)(=O)CCCCN(C)C)C(F)(F)F. The minimum absolute atomic E-state index is 0.000348. The van der Waals surface area contributed by atoms with Gasteiger partial charge in [0.25, 0.3) is 0 Å². The lowest BCUT2D eigenvalue weighted by molar-refractivity contribution is -0.171. The summed E-state index contributed by atoms with van der Waals surface area (Å²) in [5.41, 5.74) is 0. The Morgan fingerprint density at radius 3 is 1.95 bits per heavy atom. The van der Waals surface area contributed by atoms with Crippen molar-refractivity contribution in [3.8, 4) is 0 Å². The molecule has 0 saturated heterocycles. The summed E-state index contributed by atoms with van der Waals surface area (Å²) in [6.07, 6.45) is -2.13. The highest BCUT2D eigenvalue weighted by atomic mass is 32.2. The highest BCUT2D eigenvalue weighted by Gasteiger charge is 2.35. The topological polar surface area (TPSA) is 37.4 Å². The van der Waals surface area contributed by atoms with Crippen LogP contribution in [0.1, 0.15) is 39.0 Å². The van der Waals surface area contributed by atoms with Crippen LogP contribution in [0.3, 0.4) is 0 Å². The number of halogens is 3. The first-order valence-electron chi connectivity index (χ1n) is 6.96. The molecule has 1 unspecified atom stereocenters. The van der Waals surface area contributed by atoms with Crippen molar-refractivity contribution >= 4 is 9.84 Å². The van der Waals surface area contributed by atoms with Crippen molar-refractivity contribution in [3.05, 3.63) is 0 Å². The van der Waals surface area contributed by atoms with E-state index in [0.717, 1.165) is 19.9 Å². The third-order valence-electron chi connectivity index (χ3n) is 3.21. The normalized spacial score (nSPS) is 14.8. The van der Waals surface area contributed by atoms with Gasteiger partial charge in [0.1, 0.15) is 9.84 Å². The van der Waals surface area contributed by atoms with Gasteiger partial charge in [-0.1, -0.05) is 13.3 Å². The van der Waals surface area contributed by atoms with Crippen molar-refractivity contribution < 1.29 is 21.6 Å². The van der Waals surface area contributed by atoms with E-state index < -0.39 is 21.9 Å². The number of sulfone groups is 1. The average molecular weight is 317 g/mol. The minimum Gasteiger partial charge on any atom is -0.309 e. The second-order valence-electron chi connectivity index (χ2n) is 5.60. The molecule has 0 aliphatic rings. The maximum Gasteiger partial charge on any atom is 0.391 e. The van der Waals surface area contributed by atoms with E-state index in [2.05, 4.69) is 0 Å². The molecule has 0 spiro atoms. The Kier molecular flexibility index (Phi) is 8.74. The second-order valence-corrected chi connectivity index (χ2v) is 7.90. The Labute approximate surface area is 120 Å². The van der Waals surface area contributed by atoms with Gasteiger partial charge in [-0.3, -0.25) is 0 Å². The molecule has 0 aliphatic heterocycles. The molecular formula is C13H26F3NO2S. The van der Waals surface area contributed by atoms with Gasteiger partial charge in [-0.15, -0.1) is 0 Å². The van der Waals surface area contributed by atoms with Crippen molar-refractivity contribution in [2.75, 3.05) is 32.1 Å². The summed E-state index contributed by atoms with van der Waals surface area (Å²) in [5.74, 6) is -1.22. The quantitative estimate of drug-likeness (QED) is 0.581. The summed E-state index contributed by atoms with van der Waals surface area (Å²) in [5, 5.41) is 0. The van der Waals surface area contributed by atoms with Crippen LogP contribution in [-0.4, -0.2) is 51.6 Å². The maximum atomic E-state index is 12.3. The minimum atomic E-state index is -4.18. The van der Waals surface area contributed by atoms with Crippen molar-refractivity contribution in [2.24, 2.45) is 5.92 Å². The van der Waals surface area contributed by atoms with Crippen LogP contribution >= 0.6 is 0 Å². The molecule has 3 nitrogen and oxygen atoms in total. The molecular weight excluding hydrogens is 291 g/mol. The Morgan fingerprint density at radius 2 is 1.50 bits per heavy atom. The maximum absolute atomic E-state index is 12.3. The monoisotopic (exact) mass is 317 g/mol. The Bertz CT molecular complexity index is 353. The highest BCUT2D eigenvalue weighted by Crippen LogP contribution is 2.29. The average Bonchev–Trinajstić information content (AvgIpc) is 2.28. The predicted molar refractivity (Wildman–Crippen MR) is 75.5 cm³/mol. The van der Waals surface area contributed by atoms with Gasteiger partial charge in [0.15, 0.2) is 0 Å². The van der Waals surface area contributed by atoms with Crippen LogP contribution in [0, 0.1) is 5.92 Å². The molecule has 0 aliphatic carbocycles. The molecule has 0 radical (unpaired) electrons. The molecule has 0 N–H and O–H groups in total. The molecule has 0 aromatic rings. The molecule has 0 bridgehead atoms. The van der Waals surface area contributed by atoms with E-state index in [4.69, 9.17) is 0 Å². The largest absolute Gasteiger partial charge is 0.391 e. The van der Waals surface area contributed by atoms with E-state index in [1.54, 1.807) is 0 Å². The van der Waals surface area contributed by atoms with Crippen molar-refractivity contribution in [1.29, 1.82) is 0 Å². The molecule has 0 heterocycles. The number of unbranched alkanes of at least 4 members (excludes halogenated alkanes) is 2. The molecule has 0 aromatic heterocycles. The van der Waals surface area contributed by atoms with E-state index in [1.165, 1.54) is 0 Å². The summed E-state index contributed by atoms with van der Waals surface area (Å²) in [7, 11) is 0.741. The zero-order valence-corrected chi connectivity index (χ0v) is 13.4. The Morgan fingerprint density at radius 1 is 1.00 bits per heavy atom. The molecule has 1 atom stereocenters.